The number of benzene rings is 2. The summed E-state index contributed by atoms with van der Waals surface area (Å²) in [7, 11) is -1.69. The van der Waals surface area contributed by atoms with Gasteiger partial charge in [0.25, 0.3) is 0 Å². The zero-order chi connectivity index (χ0) is 21.6. The van der Waals surface area contributed by atoms with E-state index in [0.29, 0.717) is 5.56 Å². The molecule has 0 spiro atoms. The maximum Gasteiger partial charge on any atom is 0.339 e. The number of aliphatic hydroxyl groups excluding tert-OH is 1. The number of carbonyl (C=O) groups excluding carboxylic acids is 1. The summed E-state index contributed by atoms with van der Waals surface area (Å²) in [6.45, 7) is 1.02. The fourth-order valence-electron chi connectivity index (χ4n) is 2.53. The molecule has 10 heteroatoms. The van der Waals surface area contributed by atoms with Crippen LogP contribution in [0.2, 0.25) is 0 Å². The van der Waals surface area contributed by atoms with Gasteiger partial charge in [-0.3, -0.25) is 4.79 Å². The van der Waals surface area contributed by atoms with Crippen LogP contribution in [0.5, 0.6) is 11.5 Å². The molecular weight excluding hydrogens is 405 g/mol. The lowest BCUT2D eigenvalue weighted by atomic mass is 10.0. The molecule has 0 aliphatic carbocycles. The van der Waals surface area contributed by atoms with E-state index in [9.17, 15) is 22.7 Å². The Morgan fingerprint density at radius 1 is 1.24 bits per heavy atom. The molecule has 0 fully saturated rings. The van der Waals surface area contributed by atoms with Crippen molar-refractivity contribution in [3.63, 3.8) is 0 Å². The lowest BCUT2D eigenvalue weighted by Crippen LogP contribution is -2.35. The molecule has 2 N–H and O–H groups in total. The number of rotatable bonds is 9. The third-order valence-electron chi connectivity index (χ3n) is 4.05. The average molecular weight is 427 g/mol. The van der Waals surface area contributed by atoms with Crippen molar-refractivity contribution in [1.82, 2.24) is 5.32 Å². The van der Waals surface area contributed by atoms with E-state index < -0.39 is 39.6 Å². The van der Waals surface area contributed by atoms with Crippen molar-refractivity contribution in [3.05, 3.63) is 53.3 Å². The highest BCUT2D eigenvalue weighted by Gasteiger charge is 2.24. The summed E-state index contributed by atoms with van der Waals surface area (Å²) in [6.07, 6.45) is -0.688. The van der Waals surface area contributed by atoms with E-state index in [0.717, 1.165) is 12.1 Å². The molecule has 1 amide bonds. The molecule has 0 bridgehead atoms. The van der Waals surface area contributed by atoms with Gasteiger partial charge in [-0.25, -0.2) is 4.39 Å². The summed E-state index contributed by atoms with van der Waals surface area (Å²) >= 11 is 0. The summed E-state index contributed by atoms with van der Waals surface area (Å²) in [5.41, 5.74) is 0.392. The lowest BCUT2D eigenvalue weighted by molar-refractivity contribution is -0.123. The molecule has 0 aliphatic rings. The van der Waals surface area contributed by atoms with E-state index in [1.54, 1.807) is 6.92 Å². The predicted molar refractivity (Wildman–Crippen MR) is 101 cm³/mol. The number of halogens is 1. The van der Waals surface area contributed by atoms with Gasteiger partial charge in [-0.05, 0) is 36.8 Å². The van der Waals surface area contributed by atoms with E-state index >= 15 is 0 Å². The topological polar surface area (TPSA) is 111 Å². The highest BCUT2D eigenvalue weighted by molar-refractivity contribution is 7.87. The van der Waals surface area contributed by atoms with Gasteiger partial charge >= 0.3 is 10.1 Å². The smallest absolute Gasteiger partial charge is 0.339 e. The molecule has 158 valence electrons. The third-order valence-corrected chi connectivity index (χ3v) is 5.26. The van der Waals surface area contributed by atoms with Crippen LogP contribution in [0, 0.1) is 5.82 Å². The Bertz CT molecular complexity index is 979. The first-order valence-electron chi connectivity index (χ1n) is 8.53. The largest absolute Gasteiger partial charge is 0.493 e. The molecule has 2 aromatic rings. The van der Waals surface area contributed by atoms with Gasteiger partial charge < -0.3 is 24.1 Å². The van der Waals surface area contributed by atoms with Crippen molar-refractivity contribution in [2.24, 2.45) is 0 Å². The van der Waals surface area contributed by atoms with E-state index in [2.05, 4.69) is 5.32 Å². The lowest BCUT2D eigenvalue weighted by Gasteiger charge is -2.18. The van der Waals surface area contributed by atoms with E-state index in [1.165, 1.54) is 38.5 Å². The Hall–Kier alpha value is -2.69. The van der Waals surface area contributed by atoms with Gasteiger partial charge in [0.1, 0.15) is 16.9 Å². The Labute approximate surface area is 168 Å². The number of carbonyl (C=O) groups is 1. The number of hydrogen-bond acceptors (Lipinski definition) is 7. The number of amides is 1. The number of methoxy groups -OCH3 is 2. The van der Waals surface area contributed by atoms with Crippen molar-refractivity contribution in [2.45, 2.75) is 31.1 Å². The number of aliphatic hydroxyl groups is 1. The van der Waals surface area contributed by atoms with Crippen molar-refractivity contribution >= 4 is 16.0 Å². The fraction of sp³-hybridized carbons (Fsp3) is 0.316. The Morgan fingerprint density at radius 2 is 1.97 bits per heavy atom. The quantitative estimate of drug-likeness (QED) is 0.463. The Balaban J connectivity index is 2.43. The predicted octanol–water partition coefficient (Wildman–Crippen LogP) is 1.75. The number of nitrogens with one attached hydrogen (secondary N) is 1. The summed E-state index contributed by atoms with van der Waals surface area (Å²) in [6, 6.07) is 7.24. The van der Waals surface area contributed by atoms with E-state index in [4.69, 9.17) is 13.7 Å². The van der Waals surface area contributed by atoms with Gasteiger partial charge in [0.15, 0.2) is 11.5 Å². The van der Waals surface area contributed by atoms with Crippen LogP contribution in [0.3, 0.4) is 0 Å². The molecule has 0 heterocycles. The first kappa shape index (κ1) is 22.6. The molecule has 0 aliphatic heterocycles. The second kappa shape index (κ2) is 9.68. The van der Waals surface area contributed by atoms with Crippen molar-refractivity contribution in [1.29, 1.82) is 0 Å². The van der Waals surface area contributed by atoms with Crippen LogP contribution in [0.25, 0.3) is 0 Å². The highest BCUT2D eigenvalue weighted by atomic mass is 32.2. The van der Waals surface area contributed by atoms with Crippen molar-refractivity contribution in [3.8, 4) is 11.5 Å². The standard InChI is InChI=1S/C19H22FNO7S/c1-12(26-2)21-18(23)9-13-7-8-17(27-3)19(16(13)11-22)28-29(24,25)15-6-4-5-14(20)10-15/h4-8,10,12,22H,9,11H2,1-3H3,(H,21,23). The zero-order valence-electron chi connectivity index (χ0n) is 16.1. The minimum Gasteiger partial charge on any atom is -0.493 e. The normalized spacial score (nSPS) is 12.3. The van der Waals surface area contributed by atoms with Crippen LogP contribution >= 0.6 is 0 Å². The van der Waals surface area contributed by atoms with Gasteiger partial charge in [0, 0.05) is 12.7 Å². The van der Waals surface area contributed by atoms with E-state index in [-0.39, 0.29) is 23.5 Å². The Morgan fingerprint density at radius 3 is 2.55 bits per heavy atom. The van der Waals surface area contributed by atoms with Crippen LogP contribution in [0.4, 0.5) is 4.39 Å². The van der Waals surface area contributed by atoms with Crippen LogP contribution in [-0.4, -0.2) is 39.9 Å². The van der Waals surface area contributed by atoms with Crippen molar-refractivity contribution in [2.75, 3.05) is 14.2 Å². The molecule has 1 atom stereocenters. The van der Waals surface area contributed by atoms with Crippen LogP contribution in [0.1, 0.15) is 18.1 Å². The molecule has 1 unspecified atom stereocenters. The Kier molecular flexibility index (Phi) is 7.54. The number of hydrogen-bond donors (Lipinski definition) is 2. The molecular formula is C19H22FNO7S. The fourth-order valence-corrected chi connectivity index (χ4v) is 3.53. The second-order valence-electron chi connectivity index (χ2n) is 6.01. The molecule has 2 aromatic carbocycles. The van der Waals surface area contributed by atoms with Crippen molar-refractivity contribution < 1.29 is 36.4 Å². The molecule has 0 aromatic heterocycles. The zero-order valence-corrected chi connectivity index (χ0v) is 17.0. The molecule has 8 nitrogen and oxygen atoms in total. The average Bonchev–Trinajstić information content (AvgIpc) is 2.68. The van der Waals surface area contributed by atoms with Crippen LogP contribution < -0.4 is 14.2 Å². The summed E-state index contributed by atoms with van der Waals surface area (Å²) in [5.74, 6) is -1.40. The summed E-state index contributed by atoms with van der Waals surface area (Å²) in [5, 5.41) is 12.4. The third kappa shape index (κ3) is 5.66. The summed E-state index contributed by atoms with van der Waals surface area (Å²) < 4.78 is 53.9. The minimum absolute atomic E-state index is 0.0310. The molecule has 0 saturated carbocycles. The molecule has 0 radical (unpaired) electrons. The van der Waals surface area contributed by atoms with Gasteiger partial charge in [-0.2, -0.15) is 8.42 Å². The first-order chi connectivity index (χ1) is 13.7. The maximum atomic E-state index is 13.4. The molecule has 29 heavy (non-hydrogen) atoms. The van der Waals surface area contributed by atoms with E-state index in [1.807, 2.05) is 0 Å². The first-order valence-corrected chi connectivity index (χ1v) is 9.94. The monoisotopic (exact) mass is 427 g/mol. The maximum absolute atomic E-state index is 13.4. The van der Waals surface area contributed by atoms with Gasteiger partial charge in [0.2, 0.25) is 5.91 Å². The molecule has 2 rings (SSSR count). The highest BCUT2D eigenvalue weighted by Crippen LogP contribution is 2.36. The van der Waals surface area contributed by atoms with Crippen LogP contribution in [-0.2, 0) is 32.7 Å². The minimum atomic E-state index is -4.42. The van der Waals surface area contributed by atoms with Gasteiger partial charge in [-0.1, -0.05) is 12.1 Å². The SMILES string of the molecule is COc1ccc(CC(=O)NC(C)OC)c(CO)c1OS(=O)(=O)c1cccc(F)c1. The summed E-state index contributed by atoms with van der Waals surface area (Å²) in [4.78, 5) is 11.8. The second-order valence-corrected chi connectivity index (χ2v) is 7.56. The number of ether oxygens (including phenoxy) is 2. The van der Waals surface area contributed by atoms with Gasteiger partial charge in [-0.15, -0.1) is 0 Å². The molecule has 0 saturated heterocycles. The van der Waals surface area contributed by atoms with Crippen LogP contribution in [0.15, 0.2) is 41.3 Å². The van der Waals surface area contributed by atoms with Gasteiger partial charge in [0.05, 0.1) is 20.1 Å².